The molecule has 0 saturated heterocycles. The zero-order valence-electron chi connectivity index (χ0n) is 15.0. The fourth-order valence-electron chi connectivity index (χ4n) is 2.75. The lowest BCUT2D eigenvalue weighted by Crippen LogP contribution is -2.17. The highest BCUT2D eigenvalue weighted by Crippen LogP contribution is 2.26. The minimum absolute atomic E-state index is 0.0743. The van der Waals surface area contributed by atoms with Crippen LogP contribution < -0.4 is 10.1 Å². The molecule has 0 atom stereocenters. The first-order chi connectivity index (χ1) is 13.5. The zero-order chi connectivity index (χ0) is 19.9. The smallest absolute Gasteiger partial charge is 0.131 e. The Morgan fingerprint density at radius 2 is 1.79 bits per heavy atom. The molecule has 0 aliphatic rings. The van der Waals surface area contributed by atoms with Crippen molar-refractivity contribution in [1.82, 2.24) is 5.32 Å². The SMILES string of the molecule is Fc1cccc(Cl)c1COc1ccc(Br)cc1CNCCc1ccc(Cl)cc1. The second kappa shape index (κ2) is 10.3. The van der Waals surface area contributed by atoms with E-state index in [1.54, 1.807) is 12.1 Å². The lowest BCUT2D eigenvalue weighted by atomic mass is 10.1. The van der Waals surface area contributed by atoms with Crippen molar-refractivity contribution in [3.05, 3.63) is 97.7 Å². The predicted octanol–water partition coefficient (Wildman–Crippen LogP) is 6.81. The normalized spacial score (nSPS) is 10.9. The van der Waals surface area contributed by atoms with Crippen LogP contribution in [0.2, 0.25) is 10.0 Å². The van der Waals surface area contributed by atoms with Crippen LogP contribution in [-0.2, 0) is 19.6 Å². The van der Waals surface area contributed by atoms with Crippen LogP contribution in [0.15, 0.2) is 65.1 Å². The van der Waals surface area contributed by atoms with E-state index < -0.39 is 0 Å². The van der Waals surface area contributed by atoms with Gasteiger partial charge in [-0.2, -0.15) is 0 Å². The monoisotopic (exact) mass is 481 g/mol. The van der Waals surface area contributed by atoms with Crippen molar-refractivity contribution in [2.75, 3.05) is 6.54 Å². The van der Waals surface area contributed by atoms with Crippen LogP contribution in [0.1, 0.15) is 16.7 Å². The number of ether oxygens (including phenoxy) is 1. The first-order valence-corrected chi connectivity index (χ1v) is 10.4. The van der Waals surface area contributed by atoms with E-state index in [1.165, 1.54) is 11.6 Å². The predicted molar refractivity (Wildman–Crippen MR) is 117 cm³/mol. The number of nitrogens with one attached hydrogen (secondary N) is 1. The van der Waals surface area contributed by atoms with Gasteiger partial charge < -0.3 is 10.1 Å². The minimum Gasteiger partial charge on any atom is -0.488 e. The summed E-state index contributed by atoms with van der Waals surface area (Å²) in [4.78, 5) is 0. The van der Waals surface area contributed by atoms with Gasteiger partial charge in [-0.25, -0.2) is 4.39 Å². The van der Waals surface area contributed by atoms with Crippen molar-refractivity contribution < 1.29 is 9.13 Å². The summed E-state index contributed by atoms with van der Waals surface area (Å²) in [6.07, 6.45) is 0.895. The largest absolute Gasteiger partial charge is 0.488 e. The first-order valence-electron chi connectivity index (χ1n) is 8.82. The second-order valence-electron chi connectivity index (χ2n) is 6.29. The van der Waals surface area contributed by atoms with Crippen molar-refractivity contribution in [3.8, 4) is 5.75 Å². The Balaban J connectivity index is 1.59. The molecule has 0 spiro atoms. The summed E-state index contributed by atoms with van der Waals surface area (Å²) in [6.45, 7) is 1.52. The molecular weight excluding hydrogens is 464 g/mol. The van der Waals surface area contributed by atoms with Crippen LogP contribution in [0.25, 0.3) is 0 Å². The van der Waals surface area contributed by atoms with Gasteiger partial charge in [-0.3, -0.25) is 0 Å². The summed E-state index contributed by atoms with van der Waals surface area (Å²) in [6, 6.07) is 18.2. The quantitative estimate of drug-likeness (QED) is 0.356. The van der Waals surface area contributed by atoms with Crippen LogP contribution in [0.4, 0.5) is 4.39 Å². The highest BCUT2D eigenvalue weighted by molar-refractivity contribution is 9.10. The van der Waals surface area contributed by atoms with Gasteiger partial charge >= 0.3 is 0 Å². The van der Waals surface area contributed by atoms with Crippen molar-refractivity contribution >= 4 is 39.1 Å². The molecule has 0 aromatic heterocycles. The molecule has 3 rings (SSSR count). The van der Waals surface area contributed by atoms with Gasteiger partial charge in [-0.05, 0) is 61.0 Å². The van der Waals surface area contributed by atoms with Gasteiger partial charge in [-0.1, -0.05) is 57.3 Å². The van der Waals surface area contributed by atoms with Gasteiger partial charge in [-0.15, -0.1) is 0 Å². The van der Waals surface area contributed by atoms with Gasteiger partial charge in [0.05, 0.1) is 5.02 Å². The Labute approximate surface area is 182 Å². The molecule has 3 aromatic carbocycles. The highest BCUT2D eigenvalue weighted by Gasteiger charge is 2.10. The first kappa shape index (κ1) is 21.1. The Hall–Kier alpha value is -1.59. The molecule has 0 heterocycles. The van der Waals surface area contributed by atoms with E-state index in [2.05, 4.69) is 21.2 Å². The van der Waals surface area contributed by atoms with Gasteiger partial charge in [0.25, 0.3) is 0 Å². The number of benzene rings is 3. The molecule has 6 heteroatoms. The number of hydrogen-bond donors (Lipinski definition) is 1. The zero-order valence-corrected chi connectivity index (χ0v) is 18.1. The van der Waals surface area contributed by atoms with Gasteiger partial charge in [0, 0.05) is 27.2 Å². The molecule has 1 N–H and O–H groups in total. The highest BCUT2D eigenvalue weighted by atomic mass is 79.9. The summed E-state index contributed by atoms with van der Waals surface area (Å²) in [5.41, 5.74) is 2.56. The Morgan fingerprint density at radius 3 is 2.54 bits per heavy atom. The van der Waals surface area contributed by atoms with Crippen molar-refractivity contribution in [1.29, 1.82) is 0 Å². The standard InChI is InChI=1S/C22H19BrCl2FNO/c23-17-6-9-22(28-14-19-20(25)2-1-3-21(19)26)16(12-17)13-27-11-10-15-4-7-18(24)8-5-15/h1-9,12,27H,10-11,13-14H2. The van der Waals surface area contributed by atoms with Gasteiger partial charge in [0.2, 0.25) is 0 Å². The molecule has 0 aliphatic carbocycles. The topological polar surface area (TPSA) is 21.3 Å². The van der Waals surface area contributed by atoms with E-state index in [0.29, 0.717) is 22.9 Å². The molecule has 28 heavy (non-hydrogen) atoms. The summed E-state index contributed by atoms with van der Waals surface area (Å²) in [5.74, 6) is 0.328. The van der Waals surface area contributed by atoms with Crippen LogP contribution in [0.5, 0.6) is 5.75 Å². The average Bonchev–Trinajstić information content (AvgIpc) is 2.67. The number of halogens is 4. The van der Waals surface area contributed by atoms with Crippen LogP contribution in [0, 0.1) is 5.82 Å². The maximum atomic E-state index is 14.0. The van der Waals surface area contributed by atoms with E-state index >= 15 is 0 Å². The fourth-order valence-corrected chi connectivity index (χ4v) is 3.51. The molecule has 0 aliphatic heterocycles. The van der Waals surface area contributed by atoms with E-state index in [1.807, 2.05) is 42.5 Å². The second-order valence-corrected chi connectivity index (χ2v) is 8.05. The Morgan fingerprint density at radius 1 is 1.00 bits per heavy atom. The minimum atomic E-state index is -0.368. The maximum Gasteiger partial charge on any atom is 0.131 e. The lowest BCUT2D eigenvalue weighted by Gasteiger charge is -2.14. The molecule has 0 bridgehead atoms. The molecule has 0 fully saturated rings. The number of hydrogen-bond acceptors (Lipinski definition) is 2. The van der Waals surface area contributed by atoms with Crippen LogP contribution in [-0.4, -0.2) is 6.54 Å². The number of rotatable bonds is 8. The van der Waals surface area contributed by atoms with Crippen LogP contribution >= 0.6 is 39.1 Å². The lowest BCUT2D eigenvalue weighted by molar-refractivity contribution is 0.296. The summed E-state index contributed by atoms with van der Waals surface area (Å²) in [7, 11) is 0. The molecule has 146 valence electrons. The van der Waals surface area contributed by atoms with Crippen molar-refractivity contribution in [2.24, 2.45) is 0 Å². The summed E-state index contributed by atoms with van der Waals surface area (Å²) in [5, 5.41) is 4.52. The molecule has 0 amide bonds. The molecule has 3 aromatic rings. The molecule has 2 nitrogen and oxygen atoms in total. The van der Waals surface area contributed by atoms with Crippen LogP contribution in [0.3, 0.4) is 0 Å². The van der Waals surface area contributed by atoms with Gasteiger partial charge in [0.1, 0.15) is 18.2 Å². The molecule has 0 saturated carbocycles. The summed E-state index contributed by atoms with van der Waals surface area (Å²) >= 11 is 15.5. The van der Waals surface area contributed by atoms with E-state index in [-0.39, 0.29) is 12.4 Å². The third kappa shape index (κ3) is 5.95. The van der Waals surface area contributed by atoms with Crippen molar-refractivity contribution in [3.63, 3.8) is 0 Å². The van der Waals surface area contributed by atoms with E-state index in [0.717, 1.165) is 28.0 Å². The third-order valence-corrected chi connectivity index (χ3v) is 5.37. The third-order valence-electron chi connectivity index (χ3n) is 4.28. The van der Waals surface area contributed by atoms with E-state index in [9.17, 15) is 4.39 Å². The summed E-state index contributed by atoms with van der Waals surface area (Å²) < 4.78 is 20.8. The average molecular weight is 483 g/mol. The maximum absolute atomic E-state index is 14.0. The molecular formula is C22H19BrCl2FNO. The molecule has 0 unspecified atom stereocenters. The Kier molecular flexibility index (Phi) is 7.74. The molecule has 0 radical (unpaired) electrons. The van der Waals surface area contributed by atoms with E-state index in [4.69, 9.17) is 27.9 Å². The Bertz CT molecular complexity index is 914. The fraction of sp³-hybridized carbons (Fsp3) is 0.182. The van der Waals surface area contributed by atoms with Crippen molar-refractivity contribution in [2.45, 2.75) is 19.6 Å². The van der Waals surface area contributed by atoms with Gasteiger partial charge in [0.15, 0.2) is 0 Å².